The predicted octanol–water partition coefficient (Wildman–Crippen LogP) is 6.04. The Hall–Kier alpha value is -2.39. The number of nitrogens with zero attached hydrogens (tertiary/aromatic N) is 1. The van der Waals surface area contributed by atoms with E-state index in [0.29, 0.717) is 0 Å². The zero-order valence-corrected chi connectivity index (χ0v) is 16.5. The number of para-hydroxylation sites is 1. The maximum atomic E-state index is 5.84. The molecule has 0 unspecified atom stereocenters. The van der Waals surface area contributed by atoms with E-state index in [1.165, 1.54) is 41.7 Å². The van der Waals surface area contributed by atoms with Crippen LogP contribution in [-0.4, -0.2) is 23.0 Å². The summed E-state index contributed by atoms with van der Waals surface area (Å²) in [7, 11) is 0. The molecule has 1 aliphatic heterocycles. The maximum Gasteiger partial charge on any atom is 0.108 e. The number of thiocarbonyl (C=S) groups is 1. The highest BCUT2D eigenvalue weighted by atomic mass is 32.1. The van der Waals surface area contributed by atoms with E-state index in [2.05, 4.69) is 58.8 Å². The second-order valence-corrected chi connectivity index (χ2v) is 7.68. The van der Waals surface area contributed by atoms with Crippen molar-refractivity contribution in [2.45, 2.75) is 32.1 Å². The Kier molecular flexibility index (Phi) is 5.69. The van der Waals surface area contributed by atoms with Gasteiger partial charge in [0.2, 0.25) is 0 Å². The van der Waals surface area contributed by atoms with Crippen LogP contribution in [0.25, 0.3) is 6.08 Å². The molecule has 1 aliphatic carbocycles. The summed E-state index contributed by atoms with van der Waals surface area (Å²) in [5.74, 6) is 0. The molecular weight excluding hydrogens is 348 g/mol. The van der Waals surface area contributed by atoms with Gasteiger partial charge in [-0.15, -0.1) is 0 Å². The lowest BCUT2D eigenvalue weighted by atomic mass is 10.0. The Bertz CT molecular complexity index is 846. The largest absolute Gasteiger partial charge is 0.371 e. The van der Waals surface area contributed by atoms with Crippen LogP contribution in [0, 0.1) is 0 Å². The first-order valence-electron chi connectivity index (χ1n) is 9.92. The highest BCUT2D eigenvalue weighted by Gasteiger charge is 2.28. The normalized spacial score (nSPS) is 18.8. The van der Waals surface area contributed by atoms with E-state index in [-0.39, 0.29) is 0 Å². The van der Waals surface area contributed by atoms with E-state index in [1.54, 1.807) is 0 Å². The molecule has 1 heterocycles. The Morgan fingerprint density at radius 2 is 1.52 bits per heavy atom. The lowest BCUT2D eigenvalue weighted by molar-refractivity contribution is 0.290. The molecule has 0 atom stereocenters. The van der Waals surface area contributed by atoms with Crippen LogP contribution in [0.5, 0.6) is 0 Å². The molecule has 2 aliphatic rings. The van der Waals surface area contributed by atoms with Gasteiger partial charge in [-0.3, -0.25) is 0 Å². The van der Waals surface area contributed by atoms with Crippen LogP contribution in [0.15, 0.2) is 77.5 Å². The minimum absolute atomic E-state index is 0.873. The highest BCUT2D eigenvalue weighted by molar-refractivity contribution is 7.81. The second kappa shape index (κ2) is 8.53. The smallest absolute Gasteiger partial charge is 0.108 e. The third kappa shape index (κ3) is 4.30. The van der Waals surface area contributed by atoms with Crippen molar-refractivity contribution in [2.75, 3.05) is 18.4 Å². The summed E-state index contributed by atoms with van der Waals surface area (Å²) in [6, 6.07) is 20.9. The number of likely N-dealkylation sites (tertiary alicyclic amines) is 1. The molecule has 0 spiro atoms. The molecule has 3 heteroatoms. The number of piperidine rings is 1. The molecule has 0 amide bonds. The van der Waals surface area contributed by atoms with Crippen LogP contribution in [0.2, 0.25) is 0 Å². The molecular formula is C24H26N2S. The van der Waals surface area contributed by atoms with Crippen LogP contribution >= 0.6 is 12.2 Å². The van der Waals surface area contributed by atoms with Gasteiger partial charge in [0.1, 0.15) is 4.99 Å². The molecule has 4 rings (SSSR count). The van der Waals surface area contributed by atoms with Crippen LogP contribution in [0.4, 0.5) is 5.69 Å². The average molecular weight is 375 g/mol. The number of nitrogens with one attached hydrogen (secondary N) is 1. The van der Waals surface area contributed by atoms with Gasteiger partial charge in [0, 0.05) is 30.0 Å². The van der Waals surface area contributed by atoms with Crippen LogP contribution in [-0.2, 0) is 0 Å². The average Bonchev–Trinajstić information content (AvgIpc) is 3.14. The third-order valence-corrected chi connectivity index (χ3v) is 5.70. The first-order valence-corrected chi connectivity index (χ1v) is 10.3. The standard InChI is InChI=1S/C24H26N2S/c27-24(25-21-12-6-2-7-13-21)22-15-14-20(18-19-10-4-1-5-11-19)23(22)26-16-8-3-9-17-26/h1-2,4-7,10-13,18H,3,8-9,14-17H2,(H,25,27)/b20-18+. The molecule has 1 N–H and O–H groups in total. The zero-order chi connectivity index (χ0) is 18.5. The predicted molar refractivity (Wildman–Crippen MR) is 119 cm³/mol. The number of benzene rings is 2. The molecule has 138 valence electrons. The van der Waals surface area contributed by atoms with Crippen LogP contribution in [0.1, 0.15) is 37.7 Å². The van der Waals surface area contributed by atoms with Crippen molar-refractivity contribution in [2.24, 2.45) is 0 Å². The van der Waals surface area contributed by atoms with Gasteiger partial charge in [0.05, 0.1) is 0 Å². The fourth-order valence-corrected chi connectivity index (χ4v) is 4.36. The summed E-state index contributed by atoms with van der Waals surface area (Å²) in [5.41, 5.74) is 6.44. The van der Waals surface area contributed by atoms with E-state index in [1.807, 2.05) is 18.2 Å². The summed E-state index contributed by atoms with van der Waals surface area (Å²) in [6.07, 6.45) is 8.31. The summed E-state index contributed by atoms with van der Waals surface area (Å²) >= 11 is 5.84. The van der Waals surface area contributed by atoms with Gasteiger partial charge in [-0.05, 0) is 61.4 Å². The Morgan fingerprint density at radius 3 is 2.22 bits per heavy atom. The van der Waals surface area contributed by atoms with Crippen LogP contribution < -0.4 is 5.32 Å². The van der Waals surface area contributed by atoms with Gasteiger partial charge in [-0.2, -0.15) is 0 Å². The minimum Gasteiger partial charge on any atom is -0.371 e. The van der Waals surface area contributed by atoms with E-state index in [4.69, 9.17) is 12.2 Å². The number of hydrogen-bond donors (Lipinski definition) is 1. The van der Waals surface area contributed by atoms with Gasteiger partial charge < -0.3 is 10.2 Å². The summed E-state index contributed by atoms with van der Waals surface area (Å²) in [5, 5.41) is 3.46. The number of anilines is 1. The molecule has 0 aromatic heterocycles. The SMILES string of the molecule is S=C(Nc1ccccc1)C1=C(N2CCCCC2)/C(=C/c2ccccc2)CC1. The third-order valence-electron chi connectivity index (χ3n) is 5.35. The van der Waals surface area contributed by atoms with Crippen molar-refractivity contribution >= 4 is 29.0 Å². The molecule has 0 radical (unpaired) electrons. The molecule has 1 fully saturated rings. The topological polar surface area (TPSA) is 15.3 Å². The molecule has 2 aromatic rings. The van der Waals surface area contributed by atoms with Crippen molar-refractivity contribution in [3.05, 3.63) is 83.1 Å². The summed E-state index contributed by atoms with van der Waals surface area (Å²) < 4.78 is 0. The fourth-order valence-electron chi connectivity index (χ4n) is 4.04. The molecule has 2 aromatic carbocycles. The maximum absolute atomic E-state index is 5.84. The zero-order valence-electron chi connectivity index (χ0n) is 15.7. The molecule has 0 bridgehead atoms. The first kappa shape index (κ1) is 18.0. The summed E-state index contributed by atoms with van der Waals surface area (Å²) in [4.78, 5) is 3.44. The number of hydrogen-bond acceptors (Lipinski definition) is 2. The van der Waals surface area contributed by atoms with Crippen LogP contribution in [0.3, 0.4) is 0 Å². The van der Waals surface area contributed by atoms with Crippen molar-refractivity contribution in [1.82, 2.24) is 4.90 Å². The summed E-state index contributed by atoms with van der Waals surface area (Å²) in [6.45, 7) is 2.28. The van der Waals surface area contributed by atoms with E-state index in [9.17, 15) is 0 Å². The first-order chi connectivity index (χ1) is 13.3. The van der Waals surface area contributed by atoms with Gasteiger partial charge in [-0.25, -0.2) is 0 Å². The van der Waals surface area contributed by atoms with Crippen molar-refractivity contribution < 1.29 is 0 Å². The lowest BCUT2D eigenvalue weighted by Crippen LogP contribution is -2.31. The van der Waals surface area contributed by atoms with Gasteiger partial charge in [0.25, 0.3) is 0 Å². The molecule has 1 saturated heterocycles. The highest BCUT2D eigenvalue weighted by Crippen LogP contribution is 2.37. The molecule has 2 nitrogen and oxygen atoms in total. The fraction of sp³-hybridized carbons (Fsp3) is 0.292. The minimum atomic E-state index is 0.873. The molecule has 27 heavy (non-hydrogen) atoms. The lowest BCUT2D eigenvalue weighted by Gasteiger charge is -2.32. The molecule has 0 saturated carbocycles. The van der Waals surface area contributed by atoms with Crippen molar-refractivity contribution in [3.8, 4) is 0 Å². The Balaban J connectivity index is 1.67. The van der Waals surface area contributed by atoms with E-state index in [0.717, 1.165) is 36.6 Å². The van der Waals surface area contributed by atoms with Crippen molar-refractivity contribution in [3.63, 3.8) is 0 Å². The Labute approximate surface area is 167 Å². The number of allylic oxidation sites excluding steroid dienone is 1. The quantitative estimate of drug-likeness (QED) is 0.657. The monoisotopic (exact) mass is 374 g/mol. The number of rotatable bonds is 4. The van der Waals surface area contributed by atoms with E-state index < -0.39 is 0 Å². The van der Waals surface area contributed by atoms with Crippen molar-refractivity contribution in [1.29, 1.82) is 0 Å². The van der Waals surface area contributed by atoms with Gasteiger partial charge in [0.15, 0.2) is 0 Å². The Morgan fingerprint density at radius 1 is 0.852 bits per heavy atom. The van der Waals surface area contributed by atoms with Gasteiger partial charge in [-0.1, -0.05) is 60.7 Å². The van der Waals surface area contributed by atoms with E-state index >= 15 is 0 Å². The second-order valence-electron chi connectivity index (χ2n) is 7.28. The van der Waals surface area contributed by atoms with Gasteiger partial charge >= 0.3 is 0 Å².